The minimum absolute atomic E-state index is 0.0433. The van der Waals surface area contributed by atoms with E-state index in [4.69, 9.17) is 5.73 Å². The first-order chi connectivity index (χ1) is 8.50. The van der Waals surface area contributed by atoms with Crippen LogP contribution in [0.2, 0.25) is 0 Å². The van der Waals surface area contributed by atoms with E-state index in [9.17, 15) is 9.59 Å². The maximum Gasteiger partial charge on any atom is 0.259 e. The van der Waals surface area contributed by atoms with Gasteiger partial charge < -0.3 is 5.73 Å². The molecule has 18 heavy (non-hydrogen) atoms. The summed E-state index contributed by atoms with van der Waals surface area (Å²) < 4.78 is 0.665. The van der Waals surface area contributed by atoms with Gasteiger partial charge in [-0.15, -0.1) is 0 Å². The van der Waals surface area contributed by atoms with Gasteiger partial charge in [0.05, 0.1) is 11.3 Å². The molecule has 0 aromatic heterocycles. The molecule has 0 aliphatic carbocycles. The van der Waals surface area contributed by atoms with Gasteiger partial charge in [0.25, 0.3) is 5.91 Å². The lowest BCUT2D eigenvalue weighted by Crippen LogP contribution is -2.32. The molecule has 98 valence electrons. The van der Waals surface area contributed by atoms with Crippen LogP contribution >= 0.6 is 27.7 Å². The van der Waals surface area contributed by atoms with E-state index in [1.54, 1.807) is 24.3 Å². The predicted octanol–water partition coefficient (Wildman–Crippen LogP) is 1.79. The molecule has 1 rings (SSSR count). The highest BCUT2D eigenvalue weighted by molar-refractivity contribution is 9.10. The summed E-state index contributed by atoms with van der Waals surface area (Å²) in [6.07, 6.45) is 0. The van der Waals surface area contributed by atoms with Crippen LogP contribution in [-0.2, 0) is 4.79 Å². The molecule has 0 saturated carbocycles. The quantitative estimate of drug-likeness (QED) is 0.863. The number of nitrogens with one attached hydrogen (secondary N) is 1. The number of rotatable bonds is 5. The molecule has 1 aromatic carbocycles. The lowest BCUT2D eigenvalue weighted by atomic mass is 10.2. The molecule has 0 radical (unpaired) electrons. The first-order valence-electron chi connectivity index (χ1n) is 5.42. The summed E-state index contributed by atoms with van der Waals surface area (Å²) >= 11 is 4.67. The van der Waals surface area contributed by atoms with Crippen molar-refractivity contribution in [3.8, 4) is 0 Å². The Morgan fingerprint density at radius 3 is 2.72 bits per heavy atom. The average Bonchev–Trinajstić information content (AvgIpc) is 2.28. The van der Waals surface area contributed by atoms with Gasteiger partial charge in [-0.2, -0.15) is 11.8 Å². The molecule has 0 bridgehead atoms. The van der Waals surface area contributed by atoms with E-state index in [2.05, 4.69) is 21.2 Å². The van der Waals surface area contributed by atoms with Gasteiger partial charge in [-0.25, -0.2) is 0 Å². The average molecular weight is 331 g/mol. The van der Waals surface area contributed by atoms with E-state index < -0.39 is 5.91 Å². The van der Waals surface area contributed by atoms with Crippen molar-refractivity contribution in [2.45, 2.75) is 13.0 Å². The van der Waals surface area contributed by atoms with E-state index in [1.165, 1.54) is 11.8 Å². The van der Waals surface area contributed by atoms with Crippen LogP contribution < -0.4 is 11.1 Å². The van der Waals surface area contributed by atoms with E-state index >= 15 is 0 Å². The molecule has 0 aliphatic heterocycles. The second kappa shape index (κ2) is 7.56. The van der Waals surface area contributed by atoms with Crippen molar-refractivity contribution in [3.63, 3.8) is 0 Å². The fraction of sp³-hybridized carbons (Fsp3) is 0.333. The van der Waals surface area contributed by atoms with Crippen molar-refractivity contribution in [1.82, 2.24) is 5.32 Å². The van der Waals surface area contributed by atoms with Crippen LogP contribution in [0.3, 0.4) is 0 Å². The molecule has 0 spiro atoms. The maximum absolute atomic E-state index is 11.8. The van der Waals surface area contributed by atoms with Gasteiger partial charge in [-0.1, -0.05) is 12.1 Å². The monoisotopic (exact) mass is 330 g/mol. The molecule has 1 atom stereocenters. The van der Waals surface area contributed by atoms with Gasteiger partial charge in [0, 0.05) is 16.3 Å². The Labute approximate surface area is 119 Å². The third-order valence-electron chi connectivity index (χ3n) is 1.99. The molecule has 0 saturated heterocycles. The van der Waals surface area contributed by atoms with Crippen LogP contribution in [0.5, 0.6) is 0 Å². The molecule has 6 heteroatoms. The number of amides is 2. The number of hydrogen-bond donors (Lipinski definition) is 2. The lowest BCUT2D eigenvalue weighted by molar-refractivity contribution is -0.117. The number of hydrogen-bond acceptors (Lipinski definition) is 4. The number of thioether (sulfide) groups is 1. The van der Waals surface area contributed by atoms with Crippen LogP contribution in [0.15, 0.2) is 28.7 Å². The molecule has 1 aromatic rings. The van der Waals surface area contributed by atoms with Gasteiger partial charge in [-0.3, -0.25) is 14.9 Å². The number of nitrogens with two attached hydrogens (primary N) is 1. The highest BCUT2D eigenvalue weighted by Gasteiger charge is 2.12. The van der Waals surface area contributed by atoms with Crippen LogP contribution in [0.4, 0.5) is 0 Å². The number of halogens is 1. The second-order valence-electron chi connectivity index (χ2n) is 3.85. The zero-order chi connectivity index (χ0) is 13.5. The Morgan fingerprint density at radius 1 is 1.44 bits per heavy atom. The number of carbonyl (C=O) groups is 2. The van der Waals surface area contributed by atoms with Crippen molar-refractivity contribution in [3.05, 3.63) is 34.3 Å². The van der Waals surface area contributed by atoms with E-state index in [1.807, 2.05) is 6.92 Å². The summed E-state index contributed by atoms with van der Waals surface area (Å²) in [5.41, 5.74) is 6.01. The summed E-state index contributed by atoms with van der Waals surface area (Å²) in [6, 6.07) is 7.00. The fourth-order valence-corrected chi connectivity index (χ4v) is 2.42. The third-order valence-corrected chi connectivity index (χ3v) is 3.90. The number of imide groups is 1. The molecule has 0 fully saturated rings. The highest BCUT2D eigenvalue weighted by Crippen LogP contribution is 2.15. The summed E-state index contributed by atoms with van der Waals surface area (Å²) in [4.78, 5) is 23.3. The third kappa shape index (κ3) is 5.20. The zero-order valence-electron chi connectivity index (χ0n) is 9.98. The van der Waals surface area contributed by atoms with Crippen LogP contribution in [0, 0.1) is 0 Å². The molecular weight excluding hydrogens is 316 g/mol. The Hall–Kier alpha value is -0.850. The van der Waals surface area contributed by atoms with Gasteiger partial charge >= 0.3 is 0 Å². The molecule has 0 aliphatic rings. The standard InChI is InChI=1S/C12H15BrN2O2S/c1-8(14)6-18-7-11(16)15-12(17)9-4-2-3-5-10(9)13/h2-5,8H,6-7,14H2,1H3,(H,15,16,17). The summed E-state index contributed by atoms with van der Waals surface area (Å²) in [5, 5.41) is 2.34. The summed E-state index contributed by atoms with van der Waals surface area (Å²) in [6.45, 7) is 1.87. The van der Waals surface area contributed by atoms with E-state index in [-0.39, 0.29) is 17.7 Å². The van der Waals surface area contributed by atoms with E-state index in [0.29, 0.717) is 15.8 Å². The van der Waals surface area contributed by atoms with Crippen molar-refractivity contribution in [2.75, 3.05) is 11.5 Å². The molecule has 4 nitrogen and oxygen atoms in total. The fourth-order valence-electron chi connectivity index (χ4n) is 1.21. The second-order valence-corrected chi connectivity index (χ2v) is 5.73. The van der Waals surface area contributed by atoms with Gasteiger partial charge in [0.1, 0.15) is 0 Å². The smallest absolute Gasteiger partial charge is 0.259 e. The predicted molar refractivity (Wildman–Crippen MR) is 77.6 cm³/mol. The maximum atomic E-state index is 11.8. The Morgan fingerprint density at radius 2 is 2.11 bits per heavy atom. The Kier molecular flexibility index (Phi) is 6.38. The van der Waals surface area contributed by atoms with Gasteiger partial charge in [0.2, 0.25) is 5.91 Å². The van der Waals surface area contributed by atoms with Crippen molar-refractivity contribution in [1.29, 1.82) is 0 Å². The molecule has 3 N–H and O–H groups in total. The topological polar surface area (TPSA) is 72.2 Å². The molecule has 0 heterocycles. The van der Waals surface area contributed by atoms with Crippen LogP contribution in [0.1, 0.15) is 17.3 Å². The Balaban J connectivity index is 2.45. The van der Waals surface area contributed by atoms with Crippen LogP contribution in [0.25, 0.3) is 0 Å². The molecule has 2 amide bonds. The first-order valence-corrected chi connectivity index (χ1v) is 7.37. The molecular formula is C12H15BrN2O2S. The van der Waals surface area contributed by atoms with Crippen LogP contribution in [-0.4, -0.2) is 29.4 Å². The van der Waals surface area contributed by atoms with Crippen molar-refractivity contribution >= 4 is 39.5 Å². The summed E-state index contributed by atoms with van der Waals surface area (Å²) in [7, 11) is 0. The van der Waals surface area contributed by atoms with Gasteiger partial charge in [-0.05, 0) is 35.0 Å². The minimum atomic E-state index is -0.395. The SMILES string of the molecule is CC(N)CSCC(=O)NC(=O)c1ccccc1Br. The number of carbonyl (C=O) groups excluding carboxylic acids is 2. The molecule has 1 unspecified atom stereocenters. The lowest BCUT2D eigenvalue weighted by Gasteiger charge is -2.06. The first kappa shape index (κ1) is 15.2. The largest absolute Gasteiger partial charge is 0.327 e. The number of benzene rings is 1. The van der Waals surface area contributed by atoms with Gasteiger partial charge in [0.15, 0.2) is 0 Å². The normalized spacial score (nSPS) is 11.9. The minimum Gasteiger partial charge on any atom is -0.327 e. The van der Waals surface area contributed by atoms with Crippen molar-refractivity contribution in [2.24, 2.45) is 5.73 Å². The van der Waals surface area contributed by atoms with Crippen molar-refractivity contribution < 1.29 is 9.59 Å². The van der Waals surface area contributed by atoms with E-state index in [0.717, 1.165) is 0 Å². The zero-order valence-corrected chi connectivity index (χ0v) is 12.4. The summed E-state index contributed by atoms with van der Waals surface area (Å²) in [5.74, 6) is 0.226. The Bertz CT molecular complexity index is 438. The highest BCUT2D eigenvalue weighted by atomic mass is 79.9.